The molecule has 0 aromatic carbocycles. The largest absolute Gasteiger partial charge is 0.373 e. The third-order valence-electron chi connectivity index (χ3n) is 2.81. The summed E-state index contributed by atoms with van der Waals surface area (Å²) in [5, 5.41) is 8.82. The molecule has 1 aliphatic carbocycles. The molecule has 4 nitrogen and oxygen atoms in total. The normalized spacial score (nSPS) is 35.7. The summed E-state index contributed by atoms with van der Waals surface area (Å²) in [6, 6.07) is 1.44. The van der Waals surface area contributed by atoms with Crippen LogP contribution in [0, 0.1) is 0 Å². The quantitative estimate of drug-likeness (QED) is 0.600. The third kappa shape index (κ3) is 0.370. The van der Waals surface area contributed by atoms with Crippen molar-refractivity contribution in [1.29, 1.82) is 0 Å². The average Bonchev–Trinajstić information content (AvgIpc) is 2.36. The van der Waals surface area contributed by atoms with Gasteiger partial charge in [0.05, 0.1) is 12.1 Å². The Kier molecular flexibility index (Phi) is 0.681. The van der Waals surface area contributed by atoms with Gasteiger partial charge < -0.3 is 5.11 Å². The van der Waals surface area contributed by atoms with E-state index in [1.54, 1.807) is 0 Å². The number of rotatable bonds is 1. The standard InChI is InChI=1S/C6H11N3O/c10-4-7-8-5-1-2-6(3-5)9(7)8/h5-6,10H,1-4H2/t5-,6+,7?,8?,9?. The first kappa shape index (κ1) is 5.07. The van der Waals surface area contributed by atoms with E-state index in [2.05, 4.69) is 9.59 Å². The van der Waals surface area contributed by atoms with Crippen LogP contribution >= 0.6 is 0 Å². The SMILES string of the molecule is OCn1n2n1[C@H]1CC[C@@H]2C1. The Morgan fingerprint density at radius 3 is 2.30 bits per heavy atom. The summed E-state index contributed by atoms with van der Waals surface area (Å²) in [5.41, 5.74) is 0. The molecule has 10 heavy (non-hydrogen) atoms. The highest BCUT2D eigenvalue weighted by molar-refractivity contribution is 4.91. The van der Waals surface area contributed by atoms with Crippen LogP contribution in [0.15, 0.2) is 0 Å². The van der Waals surface area contributed by atoms with Crippen molar-refractivity contribution in [3.8, 4) is 0 Å². The molecule has 2 bridgehead atoms. The molecule has 1 aliphatic heterocycles. The molecule has 0 amide bonds. The van der Waals surface area contributed by atoms with E-state index < -0.39 is 0 Å². The van der Waals surface area contributed by atoms with Crippen molar-refractivity contribution in [2.45, 2.75) is 38.1 Å². The minimum absolute atomic E-state index is 0.160. The van der Waals surface area contributed by atoms with Crippen LogP contribution in [-0.2, 0) is 6.73 Å². The molecule has 1 fully saturated rings. The highest BCUT2D eigenvalue weighted by Crippen LogP contribution is 2.47. The van der Waals surface area contributed by atoms with E-state index >= 15 is 0 Å². The zero-order valence-corrected chi connectivity index (χ0v) is 5.77. The molecule has 0 unspecified atom stereocenters. The number of aliphatic hydroxyl groups is 1. The molecule has 1 aromatic heterocycles. The van der Waals surface area contributed by atoms with E-state index in [0.717, 1.165) is 12.1 Å². The number of fused-ring (bicyclic) bond motifs is 5. The van der Waals surface area contributed by atoms with Gasteiger partial charge in [0.15, 0.2) is 6.73 Å². The highest BCUT2D eigenvalue weighted by atomic mass is 16.3. The predicted molar refractivity (Wildman–Crippen MR) is 34.6 cm³/mol. The van der Waals surface area contributed by atoms with Crippen molar-refractivity contribution in [3.05, 3.63) is 0 Å². The number of aromatic nitrogens is 3. The Labute approximate surface area is 58.6 Å². The Bertz CT molecular complexity index is 234. The maximum absolute atomic E-state index is 8.82. The van der Waals surface area contributed by atoms with Gasteiger partial charge in [0, 0.05) is 0 Å². The first-order valence-electron chi connectivity index (χ1n) is 3.88. The van der Waals surface area contributed by atoms with Gasteiger partial charge in [-0.1, -0.05) is 0 Å². The number of hydrogen-bond acceptors (Lipinski definition) is 1. The number of hydrogen-bond donors (Lipinski definition) is 1. The smallest absolute Gasteiger partial charge is 0.154 e. The van der Waals surface area contributed by atoms with Crippen LogP contribution in [0.4, 0.5) is 0 Å². The molecular formula is C6H11N3O. The van der Waals surface area contributed by atoms with E-state index in [0.29, 0.717) is 0 Å². The lowest BCUT2D eigenvalue weighted by Gasteiger charge is -1.99. The summed E-state index contributed by atoms with van der Waals surface area (Å²) >= 11 is 0. The third-order valence-corrected chi connectivity index (χ3v) is 2.81. The van der Waals surface area contributed by atoms with Gasteiger partial charge in [0.1, 0.15) is 0 Å². The monoisotopic (exact) mass is 141 g/mol. The van der Waals surface area contributed by atoms with Gasteiger partial charge >= 0.3 is 0 Å². The molecule has 2 aliphatic rings. The van der Waals surface area contributed by atoms with Crippen molar-refractivity contribution in [2.75, 3.05) is 0 Å². The summed E-state index contributed by atoms with van der Waals surface area (Å²) in [5.74, 6) is 0. The van der Waals surface area contributed by atoms with Gasteiger partial charge in [0.25, 0.3) is 0 Å². The second-order valence-corrected chi connectivity index (χ2v) is 3.28. The minimum Gasteiger partial charge on any atom is -0.373 e. The summed E-state index contributed by atoms with van der Waals surface area (Å²) in [7, 11) is 0. The Hall–Kier alpha value is -0.640. The van der Waals surface area contributed by atoms with Gasteiger partial charge in [-0.3, -0.25) is 0 Å². The van der Waals surface area contributed by atoms with Crippen molar-refractivity contribution < 1.29 is 5.11 Å². The van der Waals surface area contributed by atoms with Gasteiger partial charge in [-0.15, -0.1) is 0 Å². The van der Waals surface area contributed by atoms with Gasteiger partial charge in [-0.2, -0.15) is 14.4 Å². The fourth-order valence-electron chi connectivity index (χ4n) is 2.37. The molecule has 4 heteroatoms. The van der Waals surface area contributed by atoms with Gasteiger partial charge in [0.2, 0.25) is 0 Å². The van der Waals surface area contributed by atoms with Crippen molar-refractivity contribution in [1.82, 2.24) is 14.4 Å². The molecular weight excluding hydrogens is 130 g/mol. The molecule has 0 saturated heterocycles. The predicted octanol–water partition coefficient (Wildman–Crippen LogP) is 0.321. The molecule has 0 radical (unpaired) electrons. The van der Waals surface area contributed by atoms with E-state index in [4.69, 9.17) is 5.11 Å². The second-order valence-electron chi connectivity index (χ2n) is 3.28. The minimum atomic E-state index is 0.160. The van der Waals surface area contributed by atoms with E-state index in [9.17, 15) is 0 Å². The van der Waals surface area contributed by atoms with Crippen LogP contribution in [-0.4, -0.2) is 19.5 Å². The van der Waals surface area contributed by atoms with Crippen LogP contribution in [0.25, 0.3) is 0 Å². The molecule has 2 atom stereocenters. The van der Waals surface area contributed by atoms with Gasteiger partial charge in [-0.25, -0.2) is 0 Å². The average molecular weight is 141 g/mol. The lowest BCUT2D eigenvalue weighted by atomic mass is 10.3. The summed E-state index contributed by atoms with van der Waals surface area (Å²) < 4.78 is 0. The number of aliphatic hydroxyl groups excluding tert-OH is 1. The maximum atomic E-state index is 8.82. The Balaban J connectivity index is 2.03. The second kappa shape index (κ2) is 1.34. The van der Waals surface area contributed by atoms with Crippen LogP contribution in [0.5, 0.6) is 0 Å². The van der Waals surface area contributed by atoms with Crippen LogP contribution < -0.4 is 0 Å². The lowest BCUT2D eigenvalue weighted by Crippen LogP contribution is -2.01. The topological polar surface area (TPSA) is 35.0 Å². The summed E-state index contributed by atoms with van der Waals surface area (Å²) in [4.78, 5) is 6.30. The van der Waals surface area contributed by atoms with Crippen LogP contribution in [0.3, 0.4) is 0 Å². The summed E-state index contributed by atoms with van der Waals surface area (Å²) in [6.45, 7) is 0.160. The molecule has 1 aromatic rings. The number of nitrogens with zero attached hydrogens (tertiary/aromatic N) is 3. The summed E-state index contributed by atoms with van der Waals surface area (Å²) in [6.07, 6.45) is 3.95. The van der Waals surface area contributed by atoms with Gasteiger partial charge in [-0.05, 0) is 19.3 Å². The van der Waals surface area contributed by atoms with Crippen LogP contribution in [0.1, 0.15) is 31.3 Å². The fourth-order valence-corrected chi connectivity index (χ4v) is 2.37. The van der Waals surface area contributed by atoms with E-state index in [1.807, 2.05) is 4.80 Å². The molecule has 1 N–H and O–H groups in total. The van der Waals surface area contributed by atoms with Crippen molar-refractivity contribution in [2.24, 2.45) is 0 Å². The molecule has 1 saturated carbocycles. The molecule has 2 heterocycles. The molecule has 0 spiro atoms. The first-order valence-corrected chi connectivity index (χ1v) is 3.88. The fraction of sp³-hybridized carbons (Fsp3) is 1.00. The maximum Gasteiger partial charge on any atom is 0.154 e. The molecule has 3 rings (SSSR count). The van der Waals surface area contributed by atoms with E-state index in [-0.39, 0.29) is 6.73 Å². The lowest BCUT2D eigenvalue weighted by molar-refractivity contribution is 0.186. The van der Waals surface area contributed by atoms with Crippen LogP contribution in [0.2, 0.25) is 0 Å². The Morgan fingerprint density at radius 1 is 1.20 bits per heavy atom. The molecule has 56 valence electrons. The zero-order chi connectivity index (χ0) is 6.72. The zero-order valence-electron chi connectivity index (χ0n) is 5.77. The van der Waals surface area contributed by atoms with Crippen molar-refractivity contribution >= 4 is 0 Å². The highest BCUT2D eigenvalue weighted by Gasteiger charge is 2.44. The van der Waals surface area contributed by atoms with E-state index in [1.165, 1.54) is 19.3 Å². The van der Waals surface area contributed by atoms with Crippen molar-refractivity contribution in [3.63, 3.8) is 0 Å². The Morgan fingerprint density at radius 2 is 1.80 bits per heavy atom. The first-order chi connectivity index (χ1) is 4.92.